The van der Waals surface area contributed by atoms with Gasteiger partial charge < -0.3 is 5.11 Å². The highest BCUT2D eigenvalue weighted by Gasteiger charge is 2.14. The lowest BCUT2D eigenvalue weighted by atomic mass is 10.2. The van der Waals surface area contributed by atoms with Crippen LogP contribution < -0.4 is 0 Å². The normalized spacial score (nSPS) is 13.0. The van der Waals surface area contributed by atoms with Crippen molar-refractivity contribution in [1.82, 2.24) is 4.98 Å². The van der Waals surface area contributed by atoms with E-state index in [0.29, 0.717) is 11.4 Å². The first-order valence-electron chi connectivity index (χ1n) is 4.49. The number of thiazole rings is 1. The summed E-state index contributed by atoms with van der Waals surface area (Å²) in [4.78, 5) is 5.13. The van der Waals surface area contributed by atoms with Crippen molar-refractivity contribution < 1.29 is 5.11 Å². The lowest BCUT2D eigenvalue weighted by molar-refractivity contribution is 0.181. The number of aryl methyl sites for hydroxylation is 1. The number of aliphatic hydroxyl groups is 1. The summed E-state index contributed by atoms with van der Waals surface area (Å²) in [5, 5.41) is 15.5. The minimum atomic E-state index is -0.543. The first-order valence-corrected chi connectivity index (χ1v) is 6.62. The maximum Gasteiger partial charge on any atom is 0.0952 e. The molecule has 0 fully saturated rings. The largest absolute Gasteiger partial charge is 0.387 e. The van der Waals surface area contributed by atoms with Gasteiger partial charge in [0.15, 0.2) is 0 Å². The third-order valence-corrected chi connectivity index (χ3v) is 4.30. The number of aliphatic hydroxyl groups excluding tert-OH is 1. The van der Waals surface area contributed by atoms with Gasteiger partial charge in [0.1, 0.15) is 0 Å². The minimum Gasteiger partial charge on any atom is -0.387 e. The number of rotatable bonds is 3. The van der Waals surface area contributed by atoms with E-state index in [9.17, 15) is 5.11 Å². The van der Waals surface area contributed by atoms with Crippen molar-refractivity contribution in [2.24, 2.45) is 0 Å². The smallest absolute Gasteiger partial charge is 0.0952 e. The van der Waals surface area contributed by atoms with Crippen molar-refractivity contribution in [3.8, 4) is 0 Å². The summed E-state index contributed by atoms with van der Waals surface area (Å²) >= 11 is 9.01. The molecule has 2 aromatic heterocycles. The third kappa shape index (κ3) is 2.58. The topological polar surface area (TPSA) is 33.1 Å². The Bertz CT molecular complexity index is 452. The molecule has 0 bridgehead atoms. The van der Waals surface area contributed by atoms with Gasteiger partial charge in [-0.2, -0.15) is 0 Å². The van der Waals surface area contributed by atoms with Crippen molar-refractivity contribution in [3.05, 3.63) is 37.4 Å². The van der Waals surface area contributed by atoms with Crippen LogP contribution in [-0.2, 0) is 6.42 Å². The fourth-order valence-electron chi connectivity index (χ4n) is 1.34. The second kappa shape index (κ2) is 4.61. The third-order valence-electron chi connectivity index (χ3n) is 2.02. The molecule has 1 unspecified atom stereocenters. The Balaban J connectivity index is 2.10. The van der Waals surface area contributed by atoms with E-state index in [1.54, 1.807) is 17.4 Å². The van der Waals surface area contributed by atoms with Crippen LogP contribution in [0.2, 0.25) is 5.02 Å². The molecule has 2 heterocycles. The highest BCUT2D eigenvalue weighted by Crippen LogP contribution is 2.30. The number of nitrogens with zero attached hydrogens (tertiary/aromatic N) is 1. The molecule has 0 saturated carbocycles. The van der Waals surface area contributed by atoms with Gasteiger partial charge in [0.2, 0.25) is 0 Å². The predicted molar refractivity (Wildman–Crippen MR) is 64.8 cm³/mol. The average molecular weight is 260 g/mol. The van der Waals surface area contributed by atoms with Gasteiger partial charge in [0.25, 0.3) is 0 Å². The molecule has 0 aliphatic carbocycles. The Morgan fingerprint density at radius 1 is 1.53 bits per heavy atom. The quantitative estimate of drug-likeness (QED) is 0.916. The fourth-order valence-corrected chi connectivity index (χ4v) is 3.13. The Kier molecular flexibility index (Phi) is 3.41. The number of hydrogen-bond acceptors (Lipinski definition) is 4. The zero-order chi connectivity index (χ0) is 10.8. The molecule has 80 valence electrons. The van der Waals surface area contributed by atoms with Gasteiger partial charge >= 0.3 is 0 Å². The van der Waals surface area contributed by atoms with E-state index < -0.39 is 6.10 Å². The van der Waals surface area contributed by atoms with Crippen LogP contribution in [0.4, 0.5) is 0 Å². The predicted octanol–water partition coefficient (Wildman–Crippen LogP) is 3.44. The molecule has 0 aromatic carbocycles. The molecule has 0 amide bonds. The van der Waals surface area contributed by atoms with Crippen molar-refractivity contribution in [3.63, 3.8) is 0 Å². The van der Waals surface area contributed by atoms with Gasteiger partial charge in [0.05, 0.1) is 26.7 Å². The molecular weight excluding hydrogens is 250 g/mol. The molecule has 2 rings (SSSR count). The highest BCUT2D eigenvalue weighted by molar-refractivity contribution is 7.10. The van der Waals surface area contributed by atoms with E-state index in [4.69, 9.17) is 11.6 Å². The lowest BCUT2D eigenvalue weighted by Gasteiger charge is -2.06. The first-order chi connectivity index (χ1) is 7.16. The standard InChI is InChI=1S/C10H10ClNOS2/c1-6-12-7(5-15-6)4-9(13)10-8(11)2-3-14-10/h2-3,5,9,13H,4H2,1H3. The molecule has 5 heteroatoms. The van der Waals surface area contributed by atoms with Crippen molar-refractivity contribution in [2.45, 2.75) is 19.4 Å². The minimum absolute atomic E-state index is 0.532. The number of aromatic nitrogens is 1. The van der Waals surface area contributed by atoms with Crippen LogP contribution in [0.3, 0.4) is 0 Å². The van der Waals surface area contributed by atoms with E-state index >= 15 is 0 Å². The van der Waals surface area contributed by atoms with Crippen LogP contribution in [0.5, 0.6) is 0 Å². The van der Waals surface area contributed by atoms with Gasteiger partial charge in [-0.3, -0.25) is 0 Å². The van der Waals surface area contributed by atoms with Crippen LogP contribution in [0, 0.1) is 6.92 Å². The molecular formula is C10H10ClNOS2. The van der Waals surface area contributed by atoms with Gasteiger partial charge in [0, 0.05) is 11.8 Å². The molecule has 0 saturated heterocycles. The summed E-state index contributed by atoms with van der Waals surface area (Å²) < 4.78 is 0. The summed E-state index contributed by atoms with van der Waals surface area (Å²) in [5.74, 6) is 0. The zero-order valence-corrected chi connectivity index (χ0v) is 10.5. The van der Waals surface area contributed by atoms with Crippen LogP contribution in [0.25, 0.3) is 0 Å². The van der Waals surface area contributed by atoms with Crippen molar-refractivity contribution >= 4 is 34.3 Å². The summed E-state index contributed by atoms with van der Waals surface area (Å²) in [5.41, 5.74) is 0.925. The molecule has 15 heavy (non-hydrogen) atoms. The SMILES string of the molecule is Cc1nc(CC(O)c2sccc2Cl)cs1. The molecule has 1 N–H and O–H groups in total. The maximum absolute atomic E-state index is 9.94. The number of thiophene rings is 1. The zero-order valence-electron chi connectivity index (χ0n) is 8.11. The molecule has 2 nitrogen and oxygen atoms in total. The lowest BCUT2D eigenvalue weighted by Crippen LogP contribution is -2.00. The molecule has 0 aliphatic rings. The fraction of sp³-hybridized carbons (Fsp3) is 0.300. The van der Waals surface area contributed by atoms with Crippen LogP contribution in [0.15, 0.2) is 16.8 Å². The highest BCUT2D eigenvalue weighted by atomic mass is 35.5. The van der Waals surface area contributed by atoms with E-state index in [1.807, 2.05) is 17.7 Å². The van der Waals surface area contributed by atoms with Crippen molar-refractivity contribution in [2.75, 3.05) is 0 Å². The van der Waals surface area contributed by atoms with E-state index in [-0.39, 0.29) is 0 Å². The molecule has 0 radical (unpaired) electrons. The summed E-state index contributed by atoms with van der Waals surface area (Å²) in [6.07, 6.45) is -0.0103. The second-order valence-electron chi connectivity index (χ2n) is 3.21. The second-order valence-corrected chi connectivity index (χ2v) is 5.63. The number of halogens is 1. The number of hydrogen-bond donors (Lipinski definition) is 1. The Morgan fingerprint density at radius 3 is 2.87 bits per heavy atom. The molecule has 0 spiro atoms. The van der Waals surface area contributed by atoms with Gasteiger partial charge in [-0.05, 0) is 18.4 Å². The van der Waals surface area contributed by atoms with E-state index in [1.165, 1.54) is 11.3 Å². The van der Waals surface area contributed by atoms with Crippen molar-refractivity contribution in [1.29, 1.82) is 0 Å². The van der Waals surface area contributed by atoms with Crippen LogP contribution in [0.1, 0.15) is 21.7 Å². The Hall–Kier alpha value is -0.420. The molecule has 2 aromatic rings. The van der Waals surface area contributed by atoms with Crippen LogP contribution >= 0.6 is 34.3 Å². The van der Waals surface area contributed by atoms with E-state index in [0.717, 1.165) is 15.6 Å². The van der Waals surface area contributed by atoms with Gasteiger partial charge in [-0.25, -0.2) is 4.98 Å². The molecule has 1 atom stereocenters. The first kappa shape index (κ1) is 11.1. The average Bonchev–Trinajstić information content (AvgIpc) is 2.75. The monoisotopic (exact) mass is 259 g/mol. The van der Waals surface area contributed by atoms with Gasteiger partial charge in [-0.1, -0.05) is 11.6 Å². The Morgan fingerprint density at radius 2 is 2.33 bits per heavy atom. The summed E-state index contributed by atoms with van der Waals surface area (Å²) in [7, 11) is 0. The summed E-state index contributed by atoms with van der Waals surface area (Å²) in [6, 6.07) is 1.80. The summed E-state index contributed by atoms with van der Waals surface area (Å²) in [6.45, 7) is 1.96. The van der Waals surface area contributed by atoms with E-state index in [2.05, 4.69) is 4.98 Å². The Labute approximate surface area is 101 Å². The molecule has 0 aliphatic heterocycles. The maximum atomic E-state index is 9.94. The van der Waals surface area contributed by atoms with Gasteiger partial charge in [-0.15, -0.1) is 22.7 Å². The van der Waals surface area contributed by atoms with Crippen LogP contribution in [-0.4, -0.2) is 10.1 Å².